The fraction of sp³-hybridized carbons (Fsp3) is 0.588. The van der Waals surface area contributed by atoms with E-state index in [9.17, 15) is 5.11 Å². The van der Waals surface area contributed by atoms with Gasteiger partial charge in [-0.3, -0.25) is 0 Å². The van der Waals surface area contributed by atoms with E-state index in [0.29, 0.717) is 13.1 Å². The maximum Gasteiger partial charge on any atom is 0.141 e. The van der Waals surface area contributed by atoms with E-state index >= 15 is 0 Å². The SMILES string of the molecule is Cc1nc(N2CC(O)(CC#N)C2)c2c3c(sc2n1)CCCCC3. The minimum Gasteiger partial charge on any atom is -0.385 e. The van der Waals surface area contributed by atoms with Crippen LogP contribution in [0.25, 0.3) is 10.2 Å². The van der Waals surface area contributed by atoms with Gasteiger partial charge in [0.05, 0.1) is 31.0 Å². The normalized spacial score (nSPS) is 19.8. The summed E-state index contributed by atoms with van der Waals surface area (Å²) in [5, 5.41) is 20.3. The van der Waals surface area contributed by atoms with Crippen LogP contribution in [-0.4, -0.2) is 33.8 Å². The van der Waals surface area contributed by atoms with Gasteiger partial charge < -0.3 is 10.0 Å². The number of β-amino-alcohol motifs (C(OH)–C–C–N with tert-alkyl or cyclic N) is 1. The summed E-state index contributed by atoms with van der Waals surface area (Å²) in [6, 6.07) is 2.08. The molecular weight excluding hydrogens is 308 g/mol. The van der Waals surface area contributed by atoms with Crippen LogP contribution in [0.5, 0.6) is 0 Å². The van der Waals surface area contributed by atoms with Crippen molar-refractivity contribution in [2.75, 3.05) is 18.0 Å². The Bertz CT molecular complexity index is 801. The van der Waals surface area contributed by atoms with Crippen molar-refractivity contribution in [1.82, 2.24) is 9.97 Å². The number of nitrogens with zero attached hydrogens (tertiary/aromatic N) is 4. The number of thiophene rings is 1. The lowest BCUT2D eigenvalue weighted by Gasteiger charge is -2.46. The summed E-state index contributed by atoms with van der Waals surface area (Å²) in [4.78, 5) is 14.0. The average molecular weight is 328 g/mol. The molecule has 4 rings (SSSR count). The molecular formula is C17H20N4OS. The minimum atomic E-state index is -0.882. The molecule has 120 valence electrons. The Labute approximate surface area is 139 Å². The number of aliphatic hydroxyl groups is 1. The molecule has 0 unspecified atom stereocenters. The number of fused-ring (bicyclic) bond motifs is 3. The highest BCUT2D eigenvalue weighted by Gasteiger charge is 2.42. The lowest BCUT2D eigenvalue weighted by atomic mass is 9.90. The van der Waals surface area contributed by atoms with Gasteiger partial charge in [0.15, 0.2) is 0 Å². The van der Waals surface area contributed by atoms with Crippen LogP contribution in [0.15, 0.2) is 0 Å². The number of aryl methyl sites for hydroxylation is 3. The molecule has 3 heterocycles. The molecule has 1 aliphatic carbocycles. The van der Waals surface area contributed by atoms with Crippen LogP contribution in [0.3, 0.4) is 0 Å². The summed E-state index contributed by atoms with van der Waals surface area (Å²) >= 11 is 1.81. The van der Waals surface area contributed by atoms with Crippen LogP contribution in [-0.2, 0) is 12.8 Å². The third-order valence-electron chi connectivity index (χ3n) is 4.84. The predicted molar refractivity (Wildman–Crippen MR) is 90.8 cm³/mol. The molecule has 5 nitrogen and oxygen atoms in total. The van der Waals surface area contributed by atoms with Gasteiger partial charge in [0.25, 0.3) is 0 Å². The van der Waals surface area contributed by atoms with Crippen LogP contribution >= 0.6 is 11.3 Å². The second-order valence-electron chi connectivity index (χ2n) is 6.75. The molecule has 1 saturated heterocycles. The molecule has 1 aliphatic heterocycles. The van der Waals surface area contributed by atoms with Crippen LogP contribution in [0.2, 0.25) is 0 Å². The van der Waals surface area contributed by atoms with E-state index in [-0.39, 0.29) is 6.42 Å². The van der Waals surface area contributed by atoms with Gasteiger partial charge in [-0.05, 0) is 38.2 Å². The molecule has 1 fully saturated rings. The van der Waals surface area contributed by atoms with Crippen LogP contribution < -0.4 is 4.90 Å². The molecule has 2 aliphatic rings. The number of anilines is 1. The summed E-state index contributed by atoms with van der Waals surface area (Å²) in [5.74, 6) is 1.73. The Hall–Kier alpha value is -1.71. The molecule has 2 aromatic rings. The second-order valence-corrected chi connectivity index (χ2v) is 7.84. The molecule has 6 heteroatoms. The first-order valence-corrected chi connectivity index (χ1v) is 9.04. The van der Waals surface area contributed by atoms with Crippen molar-refractivity contribution in [2.45, 2.75) is 51.0 Å². The van der Waals surface area contributed by atoms with Gasteiger partial charge >= 0.3 is 0 Å². The fourth-order valence-electron chi connectivity index (χ4n) is 3.72. The standard InChI is InChI=1S/C17H20N4OS/c1-11-19-15(21-9-17(22,10-21)7-8-18)14-12-5-3-2-4-6-13(12)23-16(14)20-11/h22H,2-7,9-10H2,1H3. The fourth-order valence-corrected chi connectivity index (χ4v) is 5.02. The number of nitriles is 1. The van der Waals surface area contributed by atoms with Crippen molar-refractivity contribution in [3.8, 4) is 6.07 Å². The predicted octanol–water partition coefficient (Wildman–Crippen LogP) is 2.73. The summed E-state index contributed by atoms with van der Waals surface area (Å²) in [7, 11) is 0. The summed E-state index contributed by atoms with van der Waals surface area (Å²) in [5.41, 5.74) is 0.542. The molecule has 0 saturated carbocycles. The van der Waals surface area contributed by atoms with Crippen molar-refractivity contribution in [2.24, 2.45) is 0 Å². The van der Waals surface area contributed by atoms with Gasteiger partial charge in [0.1, 0.15) is 22.1 Å². The van der Waals surface area contributed by atoms with Crippen LogP contribution in [0.1, 0.15) is 41.9 Å². The Kier molecular flexibility index (Phi) is 3.51. The molecule has 0 atom stereocenters. The summed E-state index contributed by atoms with van der Waals surface area (Å²) < 4.78 is 0. The van der Waals surface area contributed by atoms with E-state index in [4.69, 9.17) is 5.26 Å². The van der Waals surface area contributed by atoms with E-state index in [1.807, 2.05) is 18.3 Å². The van der Waals surface area contributed by atoms with Crippen molar-refractivity contribution in [1.29, 1.82) is 5.26 Å². The van der Waals surface area contributed by atoms with Crippen molar-refractivity contribution >= 4 is 27.4 Å². The van der Waals surface area contributed by atoms with Crippen molar-refractivity contribution in [3.63, 3.8) is 0 Å². The molecule has 0 aromatic carbocycles. The number of hydrogen-bond acceptors (Lipinski definition) is 6. The molecule has 1 N–H and O–H groups in total. The lowest BCUT2D eigenvalue weighted by Crippen LogP contribution is -2.62. The van der Waals surface area contributed by atoms with Gasteiger partial charge in [0, 0.05) is 4.88 Å². The summed E-state index contributed by atoms with van der Waals surface area (Å²) in [6.45, 7) is 2.89. The van der Waals surface area contributed by atoms with Gasteiger partial charge in [-0.15, -0.1) is 11.3 Å². The van der Waals surface area contributed by atoms with Crippen LogP contribution in [0.4, 0.5) is 5.82 Å². The highest BCUT2D eigenvalue weighted by molar-refractivity contribution is 7.19. The van der Waals surface area contributed by atoms with E-state index in [0.717, 1.165) is 29.3 Å². The van der Waals surface area contributed by atoms with E-state index in [2.05, 4.69) is 20.9 Å². The molecule has 0 amide bonds. The van der Waals surface area contributed by atoms with Crippen LogP contribution in [0, 0.1) is 18.3 Å². The smallest absolute Gasteiger partial charge is 0.141 e. The van der Waals surface area contributed by atoms with E-state index < -0.39 is 5.60 Å². The molecule has 0 spiro atoms. The topological polar surface area (TPSA) is 73.0 Å². The first-order chi connectivity index (χ1) is 11.1. The highest BCUT2D eigenvalue weighted by atomic mass is 32.1. The molecule has 23 heavy (non-hydrogen) atoms. The van der Waals surface area contributed by atoms with E-state index in [1.54, 1.807) is 0 Å². The Morgan fingerprint density at radius 2 is 2.04 bits per heavy atom. The molecule has 0 bridgehead atoms. The van der Waals surface area contributed by atoms with Gasteiger partial charge in [-0.2, -0.15) is 5.26 Å². The first-order valence-electron chi connectivity index (χ1n) is 8.23. The van der Waals surface area contributed by atoms with E-state index in [1.165, 1.54) is 35.1 Å². The second kappa shape index (κ2) is 5.43. The summed E-state index contributed by atoms with van der Waals surface area (Å²) in [6.07, 6.45) is 6.20. The maximum absolute atomic E-state index is 10.3. The van der Waals surface area contributed by atoms with Gasteiger partial charge in [-0.25, -0.2) is 9.97 Å². The zero-order valence-corrected chi connectivity index (χ0v) is 14.1. The average Bonchev–Trinajstić information content (AvgIpc) is 2.65. The van der Waals surface area contributed by atoms with Gasteiger partial charge in [0.2, 0.25) is 0 Å². The number of aromatic nitrogens is 2. The number of rotatable bonds is 2. The monoisotopic (exact) mass is 328 g/mol. The Morgan fingerprint density at radius 1 is 1.26 bits per heavy atom. The quantitative estimate of drug-likeness (QED) is 0.858. The highest BCUT2D eigenvalue weighted by Crippen LogP contribution is 2.41. The van der Waals surface area contributed by atoms with Gasteiger partial charge in [-0.1, -0.05) is 6.42 Å². The Morgan fingerprint density at radius 3 is 2.83 bits per heavy atom. The third-order valence-corrected chi connectivity index (χ3v) is 6.02. The molecule has 0 radical (unpaired) electrons. The largest absolute Gasteiger partial charge is 0.385 e. The third kappa shape index (κ3) is 2.48. The zero-order chi connectivity index (χ0) is 16.0. The zero-order valence-electron chi connectivity index (χ0n) is 13.3. The number of hydrogen-bond donors (Lipinski definition) is 1. The molecule has 2 aromatic heterocycles. The lowest BCUT2D eigenvalue weighted by molar-refractivity contribution is 0.0163. The Balaban J connectivity index is 1.78. The van der Waals surface area contributed by atoms with Crippen molar-refractivity contribution < 1.29 is 5.11 Å². The maximum atomic E-state index is 10.3. The first kappa shape index (κ1) is 14.9. The van der Waals surface area contributed by atoms with Crippen molar-refractivity contribution in [3.05, 3.63) is 16.3 Å². The minimum absolute atomic E-state index is 0.179.